The van der Waals surface area contributed by atoms with Crippen LogP contribution in [-0.4, -0.2) is 11.7 Å². The average Bonchev–Trinajstić information content (AvgIpc) is 2.06. The quantitative estimate of drug-likeness (QED) is 0.680. The number of aliphatic hydroxyl groups is 1. The zero-order chi connectivity index (χ0) is 8.10. The molecule has 11 heavy (non-hydrogen) atoms. The van der Waals surface area contributed by atoms with E-state index >= 15 is 0 Å². The summed E-state index contributed by atoms with van der Waals surface area (Å²) in [7, 11) is 0. The van der Waals surface area contributed by atoms with E-state index in [0.717, 1.165) is 11.1 Å². The molecule has 0 amide bonds. The van der Waals surface area contributed by atoms with E-state index < -0.39 is 0 Å². The molecule has 58 valence electrons. The first-order valence-electron chi connectivity index (χ1n) is 3.66. The fourth-order valence-electron chi connectivity index (χ4n) is 0.879. The lowest BCUT2D eigenvalue weighted by atomic mass is 10.1. The van der Waals surface area contributed by atoms with Gasteiger partial charge >= 0.3 is 0 Å². The Bertz CT molecular complexity index is 236. The smallest absolute Gasteiger partial charge is 0.0642 e. The van der Waals surface area contributed by atoms with Gasteiger partial charge in [-0.15, -0.1) is 0 Å². The molecule has 0 heterocycles. The molecule has 1 rings (SSSR count). The summed E-state index contributed by atoms with van der Waals surface area (Å²) in [6.45, 7) is 2.04. The third kappa shape index (κ3) is 2.56. The number of hydrogen-bond acceptors (Lipinski definition) is 1. The van der Waals surface area contributed by atoms with Gasteiger partial charge in [-0.25, -0.2) is 0 Å². The van der Waals surface area contributed by atoms with E-state index in [1.54, 1.807) is 0 Å². The third-order valence-corrected chi connectivity index (χ3v) is 1.46. The van der Waals surface area contributed by atoms with Crippen molar-refractivity contribution in [2.24, 2.45) is 0 Å². The third-order valence-electron chi connectivity index (χ3n) is 1.46. The Balaban J connectivity index is 2.79. The lowest BCUT2D eigenvalue weighted by molar-refractivity contribution is 0.332. The minimum atomic E-state index is 0.134. The SMILES string of the molecule is C/C(=C/c1ccccc1)CO. The lowest BCUT2D eigenvalue weighted by Gasteiger charge is -1.94. The van der Waals surface area contributed by atoms with Crippen molar-refractivity contribution in [2.45, 2.75) is 6.92 Å². The highest BCUT2D eigenvalue weighted by Crippen LogP contribution is 2.04. The predicted octanol–water partition coefficient (Wildman–Crippen LogP) is 2.08. The van der Waals surface area contributed by atoms with Crippen molar-refractivity contribution in [2.75, 3.05) is 6.61 Å². The maximum Gasteiger partial charge on any atom is 0.0642 e. The predicted molar refractivity (Wildman–Crippen MR) is 47.2 cm³/mol. The highest BCUT2D eigenvalue weighted by molar-refractivity contribution is 5.51. The van der Waals surface area contributed by atoms with Gasteiger partial charge < -0.3 is 5.11 Å². The van der Waals surface area contributed by atoms with Gasteiger partial charge in [0.25, 0.3) is 0 Å². The molecule has 0 aromatic heterocycles. The van der Waals surface area contributed by atoms with E-state index in [1.165, 1.54) is 0 Å². The first-order valence-corrected chi connectivity index (χ1v) is 3.66. The molecule has 0 bridgehead atoms. The molecule has 1 nitrogen and oxygen atoms in total. The van der Waals surface area contributed by atoms with Crippen LogP contribution in [0, 0.1) is 0 Å². The second kappa shape index (κ2) is 3.94. The van der Waals surface area contributed by atoms with Gasteiger partial charge in [0.1, 0.15) is 0 Å². The summed E-state index contributed by atoms with van der Waals surface area (Å²) in [5, 5.41) is 8.73. The molecule has 1 aromatic carbocycles. The van der Waals surface area contributed by atoms with E-state index in [4.69, 9.17) is 5.11 Å². The summed E-state index contributed by atoms with van der Waals surface area (Å²) < 4.78 is 0. The van der Waals surface area contributed by atoms with Crippen LogP contribution in [-0.2, 0) is 0 Å². The van der Waals surface area contributed by atoms with Crippen LogP contribution in [0.4, 0.5) is 0 Å². The van der Waals surface area contributed by atoms with Gasteiger partial charge in [-0.05, 0) is 18.1 Å². The molecule has 0 aliphatic carbocycles. The van der Waals surface area contributed by atoms with Crippen molar-refractivity contribution in [3.63, 3.8) is 0 Å². The van der Waals surface area contributed by atoms with Crippen molar-refractivity contribution in [1.29, 1.82) is 0 Å². The monoisotopic (exact) mass is 148 g/mol. The summed E-state index contributed by atoms with van der Waals surface area (Å²) in [6.07, 6.45) is 1.97. The molecule has 0 radical (unpaired) electrons. The van der Waals surface area contributed by atoms with Crippen LogP contribution < -0.4 is 0 Å². The van der Waals surface area contributed by atoms with Crippen molar-refractivity contribution in [3.8, 4) is 0 Å². The minimum Gasteiger partial charge on any atom is -0.392 e. The fraction of sp³-hybridized carbons (Fsp3) is 0.200. The Morgan fingerprint density at radius 2 is 2.00 bits per heavy atom. The van der Waals surface area contributed by atoms with Crippen LogP contribution in [0.2, 0.25) is 0 Å². The molecule has 0 spiro atoms. The number of rotatable bonds is 2. The number of aliphatic hydroxyl groups excluding tert-OH is 1. The molecular weight excluding hydrogens is 136 g/mol. The number of benzene rings is 1. The largest absolute Gasteiger partial charge is 0.392 e. The molecule has 0 aliphatic rings. The van der Waals surface area contributed by atoms with E-state index in [0.29, 0.717) is 0 Å². The van der Waals surface area contributed by atoms with Gasteiger partial charge in [-0.2, -0.15) is 0 Å². The molecule has 1 aromatic rings. The maximum atomic E-state index is 8.73. The summed E-state index contributed by atoms with van der Waals surface area (Å²) in [5.41, 5.74) is 2.12. The fourth-order valence-corrected chi connectivity index (χ4v) is 0.879. The highest BCUT2D eigenvalue weighted by atomic mass is 16.3. The molecule has 0 saturated carbocycles. The molecule has 0 fully saturated rings. The van der Waals surface area contributed by atoms with Gasteiger partial charge in [-0.1, -0.05) is 36.4 Å². The first kappa shape index (κ1) is 8.02. The normalized spacial score (nSPS) is 11.6. The summed E-state index contributed by atoms with van der Waals surface area (Å²) in [4.78, 5) is 0. The average molecular weight is 148 g/mol. The first-order chi connectivity index (χ1) is 5.33. The van der Waals surface area contributed by atoms with Gasteiger partial charge in [-0.3, -0.25) is 0 Å². The van der Waals surface area contributed by atoms with Crippen molar-refractivity contribution in [1.82, 2.24) is 0 Å². The molecule has 0 aliphatic heterocycles. The lowest BCUT2D eigenvalue weighted by Crippen LogP contribution is -1.82. The van der Waals surface area contributed by atoms with Crippen LogP contribution >= 0.6 is 0 Å². The van der Waals surface area contributed by atoms with Crippen molar-refractivity contribution >= 4 is 6.08 Å². The van der Waals surface area contributed by atoms with E-state index in [2.05, 4.69) is 0 Å². The second-order valence-electron chi connectivity index (χ2n) is 2.56. The van der Waals surface area contributed by atoms with E-state index in [-0.39, 0.29) is 6.61 Å². The maximum absolute atomic E-state index is 8.73. The molecule has 0 unspecified atom stereocenters. The van der Waals surface area contributed by atoms with Crippen LogP contribution in [0.25, 0.3) is 6.08 Å². The Morgan fingerprint density at radius 3 is 2.55 bits per heavy atom. The van der Waals surface area contributed by atoms with Crippen molar-refractivity contribution in [3.05, 3.63) is 41.5 Å². The topological polar surface area (TPSA) is 20.2 Å². The van der Waals surface area contributed by atoms with Crippen LogP contribution in [0.1, 0.15) is 12.5 Å². The van der Waals surface area contributed by atoms with Gasteiger partial charge in [0.2, 0.25) is 0 Å². The minimum absolute atomic E-state index is 0.134. The summed E-state index contributed by atoms with van der Waals surface area (Å²) in [5.74, 6) is 0. The van der Waals surface area contributed by atoms with Gasteiger partial charge in [0.15, 0.2) is 0 Å². The zero-order valence-electron chi connectivity index (χ0n) is 6.62. The summed E-state index contributed by atoms with van der Waals surface area (Å²) >= 11 is 0. The Labute approximate surface area is 67.0 Å². The van der Waals surface area contributed by atoms with Crippen molar-refractivity contribution < 1.29 is 5.11 Å². The Hall–Kier alpha value is -1.08. The molecule has 1 heteroatoms. The standard InChI is InChI=1S/C10H12O/c1-9(8-11)7-10-5-3-2-4-6-10/h2-7,11H,8H2,1H3/b9-7-. The molecule has 0 atom stereocenters. The van der Waals surface area contributed by atoms with Gasteiger partial charge in [0, 0.05) is 0 Å². The molecule has 0 saturated heterocycles. The van der Waals surface area contributed by atoms with Gasteiger partial charge in [0.05, 0.1) is 6.61 Å². The highest BCUT2D eigenvalue weighted by Gasteiger charge is 1.86. The van der Waals surface area contributed by atoms with Crippen LogP contribution in [0.3, 0.4) is 0 Å². The summed E-state index contributed by atoms with van der Waals surface area (Å²) in [6, 6.07) is 9.97. The van der Waals surface area contributed by atoms with Crippen LogP contribution in [0.5, 0.6) is 0 Å². The molecular formula is C10H12O. The zero-order valence-corrected chi connectivity index (χ0v) is 6.62. The van der Waals surface area contributed by atoms with E-state index in [9.17, 15) is 0 Å². The van der Waals surface area contributed by atoms with Crippen LogP contribution in [0.15, 0.2) is 35.9 Å². The second-order valence-corrected chi connectivity index (χ2v) is 2.56. The Morgan fingerprint density at radius 1 is 1.36 bits per heavy atom. The number of hydrogen-bond donors (Lipinski definition) is 1. The Kier molecular flexibility index (Phi) is 2.87. The molecule has 1 N–H and O–H groups in total. The van der Waals surface area contributed by atoms with E-state index in [1.807, 2.05) is 43.3 Å².